The zero-order chi connectivity index (χ0) is 37.0. The van der Waals surface area contributed by atoms with E-state index in [1.165, 1.54) is 85.9 Å². The molecule has 0 N–H and O–H groups in total. The average Bonchev–Trinajstić information content (AvgIpc) is 3.66. The van der Waals surface area contributed by atoms with E-state index in [9.17, 15) is 0 Å². The van der Waals surface area contributed by atoms with Crippen LogP contribution in [0.15, 0.2) is 212 Å². The van der Waals surface area contributed by atoms with Crippen molar-refractivity contribution < 1.29 is 0 Å². The lowest BCUT2D eigenvalue weighted by atomic mass is 9.94. The predicted octanol–water partition coefficient (Wildman–Crippen LogP) is 16.0. The zero-order valence-electron chi connectivity index (χ0n) is 30.6. The molecule has 262 valence electrons. The van der Waals surface area contributed by atoms with Gasteiger partial charge in [0.1, 0.15) is 0 Å². The number of fused-ring (bicyclic) bond motifs is 7. The smallest absolute Gasteiger partial charge is 0.0540 e. The monoisotopic (exact) mass is 729 g/mol. The first-order valence-electron chi connectivity index (χ1n) is 19.2. The highest BCUT2D eigenvalue weighted by Crippen LogP contribution is 2.45. The molecule has 11 rings (SSSR count). The molecule has 0 aliphatic rings. The van der Waals surface area contributed by atoms with Crippen LogP contribution in [0.2, 0.25) is 0 Å². The Labute approximate surface area is 330 Å². The van der Waals surface area contributed by atoms with Gasteiger partial charge in [0.2, 0.25) is 0 Å². The third kappa shape index (κ3) is 5.46. The van der Waals surface area contributed by atoms with Gasteiger partial charge in [-0.25, -0.2) is 0 Å². The predicted molar refractivity (Wildman–Crippen MR) is 243 cm³/mol. The number of thiophene rings is 1. The zero-order valence-corrected chi connectivity index (χ0v) is 31.4. The van der Waals surface area contributed by atoms with Crippen LogP contribution in [0.3, 0.4) is 0 Å². The third-order valence-corrected chi connectivity index (χ3v) is 12.4. The van der Waals surface area contributed by atoms with Gasteiger partial charge in [-0.15, -0.1) is 11.3 Å². The topological polar surface area (TPSA) is 3.24 Å². The fourth-order valence-corrected chi connectivity index (χ4v) is 9.75. The van der Waals surface area contributed by atoms with Crippen LogP contribution >= 0.6 is 11.3 Å². The maximum absolute atomic E-state index is 2.43. The molecule has 0 bridgehead atoms. The number of nitrogens with zero attached hydrogens (tertiary/aromatic N) is 1. The van der Waals surface area contributed by atoms with Crippen LogP contribution in [0, 0.1) is 0 Å². The standard InChI is InChI=1S/C54H35NS/c1-3-17-44-36(12-1)14-10-21-46(44)39-15-9-16-40(34-39)48-19-5-7-23-51(48)55(43-32-33-47-41(35-43)27-26-37-13-2-4-18-45(37)47)42-30-28-38(29-31-42)49-22-11-25-53-54(49)50-20-6-8-24-52(50)56-53/h1-35H. The van der Waals surface area contributed by atoms with Crippen molar-refractivity contribution in [2.75, 3.05) is 4.90 Å². The maximum Gasteiger partial charge on any atom is 0.0540 e. The van der Waals surface area contributed by atoms with E-state index < -0.39 is 0 Å². The molecule has 0 amide bonds. The van der Waals surface area contributed by atoms with Gasteiger partial charge >= 0.3 is 0 Å². The molecule has 0 aliphatic heterocycles. The van der Waals surface area contributed by atoms with Gasteiger partial charge in [-0.3, -0.25) is 0 Å². The molecule has 11 aromatic rings. The maximum atomic E-state index is 2.43. The highest BCUT2D eigenvalue weighted by atomic mass is 32.1. The van der Waals surface area contributed by atoms with E-state index in [-0.39, 0.29) is 0 Å². The molecule has 1 nitrogen and oxygen atoms in total. The number of anilines is 3. The molecule has 56 heavy (non-hydrogen) atoms. The van der Waals surface area contributed by atoms with E-state index in [1.807, 2.05) is 11.3 Å². The first kappa shape index (κ1) is 32.4. The van der Waals surface area contributed by atoms with E-state index in [1.54, 1.807) is 0 Å². The quantitative estimate of drug-likeness (QED) is 0.154. The summed E-state index contributed by atoms with van der Waals surface area (Å²) in [6, 6.07) is 77.8. The Balaban J connectivity index is 1.08. The molecule has 2 heteroatoms. The number of hydrogen-bond acceptors (Lipinski definition) is 2. The van der Waals surface area contributed by atoms with Gasteiger partial charge in [0, 0.05) is 37.1 Å². The summed E-state index contributed by atoms with van der Waals surface area (Å²) in [6.07, 6.45) is 0. The summed E-state index contributed by atoms with van der Waals surface area (Å²) in [5.74, 6) is 0. The SMILES string of the molecule is c1cc(-c2ccccc2N(c2ccc(-c3cccc4sc5ccccc5c34)cc2)c2ccc3c(ccc4ccccc43)c2)cc(-c2cccc3ccccc23)c1. The van der Waals surface area contributed by atoms with E-state index in [0.29, 0.717) is 0 Å². The summed E-state index contributed by atoms with van der Waals surface area (Å²) in [5.41, 5.74) is 10.6. The highest BCUT2D eigenvalue weighted by molar-refractivity contribution is 7.25. The lowest BCUT2D eigenvalue weighted by Crippen LogP contribution is -2.11. The fourth-order valence-electron chi connectivity index (χ4n) is 8.62. The van der Waals surface area contributed by atoms with Gasteiger partial charge in [-0.05, 0) is 109 Å². The molecular formula is C54H35NS. The number of benzene rings is 10. The Morgan fingerprint density at radius 3 is 1.75 bits per heavy atom. The van der Waals surface area contributed by atoms with Crippen LogP contribution in [0.5, 0.6) is 0 Å². The molecule has 0 fully saturated rings. The van der Waals surface area contributed by atoms with Gasteiger partial charge in [0.15, 0.2) is 0 Å². The van der Waals surface area contributed by atoms with Crippen LogP contribution in [0.4, 0.5) is 17.1 Å². The summed E-state index contributed by atoms with van der Waals surface area (Å²) < 4.78 is 2.64. The normalized spacial score (nSPS) is 11.6. The second-order valence-electron chi connectivity index (χ2n) is 14.5. The third-order valence-electron chi connectivity index (χ3n) is 11.2. The molecule has 0 unspecified atom stereocenters. The Hall–Kier alpha value is -7.00. The summed E-state index contributed by atoms with van der Waals surface area (Å²) >= 11 is 1.87. The summed E-state index contributed by atoms with van der Waals surface area (Å²) in [6.45, 7) is 0. The lowest BCUT2D eigenvalue weighted by molar-refractivity contribution is 1.29. The Morgan fingerprint density at radius 2 is 0.875 bits per heavy atom. The van der Waals surface area contributed by atoms with E-state index >= 15 is 0 Å². The molecule has 0 spiro atoms. The minimum atomic E-state index is 1.11. The van der Waals surface area contributed by atoms with Crippen molar-refractivity contribution in [3.63, 3.8) is 0 Å². The van der Waals surface area contributed by atoms with Gasteiger partial charge in [0.25, 0.3) is 0 Å². The van der Waals surface area contributed by atoms with Crippen LogP contribution in [0.25, 0.3) is 85.9 Å². The molecule has 0 saturated carbocycles. The lowest BCUT2D eigenvalue weighted by Gasteiger charge is -2.28. The van der Waals surface area contributed by atoms with Crippen molar-refractivity contribution in [1.29, 1.82) is 0 Å². The first-order valence-corrected chi connectivity index (χ1v) is 20.0. The van der Waals surface area contributed by atoms with Crippen molar-refractivity contribution in [1.82, 2.24) is 0 Å². The molecular weight excluding hydrogens is 695 g/mol. The Bertz CT molecular complexity index is 3260. The minimum absolute atomic E-state index is 1.11. The van der Waals surface area contributed by atoms with Crippen LogP contribution in [-0.2, 0) is 0 Å². The largest absolute Gasteiger partial charge is 0.310 e. The van der Waals surface area contributed by atoms with Crippen molar-refractivity contribution in [3.8, 4) is 33.4 Å². The number of rotatable bonds is 6. The molecule has 10 aromatic carbocycles. The van der Waals surface area contributed by atoms with Gasteiger partial charge < -0.3 is 4.90 Å². The van der Waals surface area contributed by atoms with E-state index in [4.69, 9.17) is 0 Å². The number of para-hydroxylation sites is 1. The van der Waals surface area contributed by atoms with Gasteiger partial charge in [-0.1, -0.05) is 164 Å². The molecule has 0 radical (unpaired) electrons. The minimum Gasteiger partial charge on any atom is -0.310 e. The second-order valence-corrected chi connectivity index (χ2v) is 15.6. The first-order chi connectivity index (χ1) is 27.8. The van der Waals surface area contributed by atoms with E-state index in [2.05, 4.69) is 217 Å². The Morgan fingerprint density at radius 1 is 0.304 bits per heavy atom. The second kappa shape index (κ2) is 13.4. The van der Waals surface area contributed by atoms with Crippen LogP contribution in [-0.4, -0.2) is 0 Å². The van der Waals surface area contributed by atoms with Crippen molar-refractivity contribution in [3.05, 3.63) is 212 Å². The van der Waals surface area contributed by atoms with Crippen LogP contribution in [0.1, 0.15) is 0 Å². The van der Waals surface area contributed by atoms with Crippen molar-refractivity contribution in [2.24, 2.45) is 0 Å². The van der Waals surface area contributed by atoms with Crippen molar-refractivity contribution in [2.45, 2.75) is 0 Å². The molecule has 0 saturated heterocycles. The average molecular weight is 730 g/mol. The summed E-state index contributed by atoms with van der Waals surface area (Å²) in [7, 11) is 0. The molecule has 0 atom stereocenters. The van der Waals surface area contributed by atoms with Gasteiger partial charge in [-0.2, -0.15) is 0 Å². The molecule has 0 aliphatic carbocycles. The van der Waals surface area contributed by atoms with Gasteiger partial charge in [0.05, 0.1) is 5.69 Å². The summed E-state index contributed by atoms with van der Waals surface area (Å²) in [4.78, 5) is 2.43. The van der Waals surface area contributed by atoms with E-state index in [0.717, 1.165) is 17.1 Å². The number of hydrogen-bond donors (Lipinski definition) is 0. The highest BCUT2D eigenvalue weighted by Gasteiger charge is 2.19. The van der Waals surface area contributed by atoms with Crippen molar-refractivity contribution >= 4 is 80.9 Å². The Kier molecular flexibility index (Phi) is 7.75. The summed E-state index contributed by atoms with van der Waals surface area (Å²) in [5, 5.41) is 10.2. The van der Waals surface area contributed by atoms with Crippen LogP contribution < -0.4 is 4.90 Å². The molecule has 1 aromatic heterocycles. The molecule has 1 heterocycles. The fraction of sp³-hybridized carbons (Fsp3) is 0.